The summed E-state index contributed by atoms with van der Waals surface area (Å²) in [5, 5.41) is 0.711. The number of rotatable bonds is 4. The topological polar surface area (TPSA) is 17.1 Å². The van der Waals surface area contributed by atoms with Crippen LogP contribution in [-0.4, -0.2) is 5.78 Å². The Morgan fingerprint density at radius 3 is 2.25 bits per heavy atom. The van der Waals surface area contributed by atoms with Gasteiger partial charge in [-0.2, -0.15) is 0 Å². The van der Waals surface area contributed by atoms with Gasteiger partial charge in [0.15, 0.2) is 5.78 Å². The Labute approximate surface area is 131 Å². The maximum Gasteiger partial charge on any atom is 0.185 e. The maximum absolute atomic E-state index is 11.9. The molecule has 0 heterocycles. The Hall–Kier alpha value is -1.64. The zero-order valence-electron chi connectivity index (χ0n) is 10.6. The van der Waals surface area contributed by atoms with Crippen LogP contribution in [-0.2, 0) is 0 Å². The number of carbonyl (C=O) groups is 1. The van der Waals surface area contributed by atoms with Crippen LogP contribution in [0.15, 0.2) is 71.2 Å². The molecule has 0 N–H and O–H groups in total. The zero-order chi connectivity index (χ0) is 14.4. The summed E-state index contributed by atoms with van der Waals surface area (Å²) in [6.07, 6.45) is 7.04. The zero-order valence-corrected chi connectivity index (χ0v) is 12.9. The van der Waals surface area contributed by atoms with Crippen LogP contribution in [0.5, 0.6) is 0 Å². The summed E-state index contributed by atoms with van der Waals surface area (Å²) < 4.78 is 0.959. The summed E-state index contributed by atoms with van der Waals surface area (Å²) in [5.41, 5.74) is 1.71. The lowest BCUT2D eigenvalue weighted by Crippen LogP contribution is -1.92. The highest BCUT2D eigenvalue weighted by Gasteiger charge is 1.99. The normalized spacial score (nSPS) is 11.3. The van der Waals surface area contributed by atoms with Crippen molar-refractivity contribution in [2.75, 3.05) is 0 Å². The van der Waals surface area contributed by atoms with Gasteiger partial charge in [0.25, 0.3) is 0 Å². The van der Waals surface area contributed by atoms with Crippen molar-refractivity contribution in [1.29, 1.82) is 0 Å². The number of allylic oxidation sites excluding steroid dienone is 3. The summed E-state index contributed by atoms with van der Waals surface area (Å²) in [7, 11) is 0. The van der Waals surface area contributed by atoms with E-state index in [1.807, 2.05) is 48.6 Å². The average molecular weight is 348 g/mol. The fourth-order valence-corrected chi connectivity index (χ4v) is 1.98. The Kier molecular flexibility index (Phi) is 5.33. The molecule has 0 amide bonds. The molecule has 0 saturated heterocycles. The first-order valence-corrected chi connectivity index (χ1v) is 7.22. The lowest BCUT2D eigenvalue weighted by molar-refractivity contribution is 0.104. The van der Waals surface area contributed by atoms with Crippen molar-refractivity contribution >= 4 is 39.4 Å². The molecule has 2 rings (SSSR count). The molecule has 2 aromatic carbocycles. The fraction of sp³-hybridized carbons (Fsp3) is 0. The van der Waals surface area contributed by atoms with E-state index in [2.05, 4.69) is 15.9 Å². The molecule has 0 spiro atoms. The summed E-state index contributed by atoms with van der Waals surface area (Å²) in [4.78, 5) is 11.9. The lowest BCUT2D eigenvalue weighted by atomic mass is 10.1. The standard InChI is InChI=1S/C17H12BrClO/c18-15-9-7-14(8-10-15)17(20)4-2-1-3-13-5-11-16(19)12-6-13/h1-12H/b3-1+,4-2+. The number of hydrogen-bond acceptors (Lipinski definition) is 1. The number of hydrogen-bond donors (Lipinski definition) is 0. The minimum atomic E-state index is -0.0155. The van der Waals surface area contributed by atoms with E-state index in [0.717, 1.165) is 10.0 Å². The summed E-state index contributed by atoms with van der Waals surface area (Å²) >= 11 is 9.15. The SMILES string of the molecule is O=C(/C=C/C=C/c1ccc(Cl)cc1)c1ccc(Br)cc1. The second-order valence-electron chi connectivity index (χ2n) is 4.14. The molecule has 0 aliphatic carbocycles. The largest absolute Gasteiger partial charge is 0.289 e. The second-order valence-corrected chi connectivity index (χ2v) is 5.49. The molecule has 0 saturated carbocycles. The van der Waals surface area contributed by atoms with Crippen molar-refractivity contribution in [3.63, 3.8) is 0 Å². The van der Waals surface area contributed by atoms with Gasteiger partial charge in [0, 0.05) is 15.1 Å². The molecule has 0 aromatic heterocycles. The van der Waals surface area contributed by atoms with Crippen molar-refractivity contribution in [2.24, 2.45) is 0 Å². The molecule has 2 aromatic rings. The van der Waals surface area contributed by atoms with Crippen LogP contribution >= 0.6 is 27.5 Å². The van der Waals surface area contributed by atoms with Gasteiger partial charge in [-0.15, -0.1) is 0 Å². The van der Waals surface area contributed by atoms with E-state index in [9.17, 15) is 4.79 Å². The number of carbonyl (C=O) groups excluding carboxylic acids is 1. The molecule has 0 bridgehead atoms. The van der Waals surface area contributed by atoms with Crippen LogP contribution < -0.4 is 0 Å². The van der Waals surface area contributed by atoms with Gasteiger partial charge in [0.05, 0.1) is 0 Å². The highest BCUT2D eigenvalue weighted by molar-refractivity contribution is 9.10. The van der Waals surface area contributed by atoms with E-state index in [1.165, 1.54) is 0 Å². The lowest BCUT2D eigenvalue weighted by Gasteiger charge is -1.95. The molecule has 1 nitrogen and oxygen atoms in total. The van der Waals surface area contributed by atoms with Crippen molar-refractivity contribution in [3.05, 3.63) is 87.4 Å². The molecule has 3 heteroatoms. The van der Waals surface area contributed by atoms with E-state index in [4.69, 9.17) is 11.6 Å². The molecule has 0 aliphatic heterocycles. The number of benzene rings is 2. The van der Waals surface area contributed by atoms with Crippen LogP contribution in [0.25, 0.3) is 6.08 Å². The smallest absolute Gasteiger partial charge is 0.185 e. The average Bonchev–Trinajstić information content (AvgIpc) is 2.46. The molecule has 0 fully saturated rings. The third kappa shape index (κ3) is 4.48. The first-order chi connectivity index (χ1) is 9.65. The van der Waals surface area contributed by atoms with Gasteiger partial charge in [-0.25, -0.2) is 0 Å². The Balaban J connectivity index is 1.97. The Bertz CT molecular complexity index is 640. The summed E-state index contributed by atoms with van der Waals surface area (Å²) in [5.74, 6) is -0.0155. The molecule has 20 heavy (non-hydrogen) atoms. The second kappa shape index (κ2) is 7.22. The monoisotopic (exact) mass is 346 g/mol. The number of ketones is 1. The fourth-order valence-electron chi connectivity index (χ4n) is 1.59. The minimum absolute atomic E-state index is 0.0155. The maximum atomic E-state index is 11.9. The third-order valence-corrected chi connectivity index (χ3v) is 3.43. The van der Waals surface area contributed by atoms with E-state index in [1.54, 1.807) is 24.3 Å². The van der Waals surface area contributed by atoms with Crippen molar-refractivity contribution in [1.82, 2.24) is 0 Å². The molecule has 0 aliphatic rings. The van der Waals surface area contributed by atoms with Gasteiger partial charge in [-0.3, -0.25) is 4.79 Å². The van der Waals surface area contributed by atoms with Crippen molar-refractivity contribution < 1.29 is 4.79 Å². The third-order valence-electron chi connectivity index (χ3n) is 2.65. The van der Waals surface area contributed by atoms with Gasteiger partial charge < -0.3 is 0 Å². The van der Waals surface area contributed by atoms with Gasteiger partial charge in [-0.1, -0.05) is 57.9 Å². The number of halogens is 2. The van der Waals surface area contributed by atoms with Crippen molar-refractivity contribution in [3.8, 4) is 0 Å². The molecule has 0 radical (unpaired) electrons. The van der Waals surface area contributed by atoms with Crippen molar-refractivity contribution in [2.45, 2.75) is 0 Å². The van der Waals surface area contributed by atoms with Gasteiger partial charge in [0.1, 0.15) is 0 Å². The van der Waals surface area contributed by atoms with Crippen LogP contribution in [0, 0.1) is 0 Å². The molecular weight excluding hydrogens is 336 g/mol. The first-order valence-electron chi connectivity index (χ1n) is 6.05. The highest BCUT2D eigenvalue weighted by Crippen LogP contribution is 2.12. The predicted octanol–water partition coefficient (Wildman–Crippen LogP) is 5.55. The highest BCUT2D eigenvalue weighted by atomic mass is 79.9. The van der Waals surface area contributed by atoms with E-state index in [-0.39, 0.29) is 5.78 Å². The van der Waals surface area contributed by atoms with Crippen LogP contribution in [0.4, 0.5) is 0 Å². The van der Waals surface area contributed by atoms with E-state index >= 15 is 0 Å². The van der Waals surface area contributed by atoms with Gasteiger partial charge in [0.2, 0.25) is 0 Å². The Morgan fingerprint density at radius 1 is 0.950 bits per heavy atom. The van der Waals surface area contributed by atoms with Crippen LogP contribution in [0.1, 0.15) is 15.9 Å². The molecule has 100 valence electrons. The summed E-state index contributed by atoms with van der Waals surface area (Å²) in [6.45, 7) is 0. The van der Waals surface area contributed by atoms with Gasteiger partial charge in [-0.05, 0) is 48.0 Å². The van der Waals surface area contributed by atoms with Gasteiger partial charge >= 0.3 is 0 Å². The summed E-state index contributed by atoms with van der Waals surface area (Å²) in [6, 6.07) is 14.8. The molecular formula is C17H12BrClO. The van der Waals surface area contributed by atoms with E-state index < -0.39 is 0 Å². The quantitative estimate of drug-likeness (QED) is 0.402. The predicted molar refractivity (Wildman–Crippen MR) is 88.1 cm³/mol. The Morgan fingerprint density at radius 2 is 1.60 bits per heavy atom. The van der Waals surface area contributed by atoms with Crippen LogP contribution in [0.2, 0.25) is 5.02 Å². The molecule has 0 unspecified atom stereocenters. The first kappa shape index (κ1) is 14.8. The molecule has 0 atom stereocenters. The van der Waals surface area contributed by atoms with Crippen LogP contribution in [0.3, 0.4) is 0 Å². The minimum Gasteiger partial charge on any atom is -0.289 e. The van der Waals surface area contributed by atoms with E-state index in [0.29, 0.717) is 10.6 Å².